The Kier molecular flexibility index (Phi) is 11.0. The summed E-state index contributed by atoms with van der Waals surface area (Å²) >= 11 is 0. The molecule has 0 aromatic heterocycles. The van der Waals surface area contributed by atoms with Crippen LogP contribution in [0.1, 0.15) is 64.7 Å². The zero-order valence-electron chi connectivity index (χ0n) is 11.3. The lowest BCUT2D eigenvalue weighted by atomic mass is 10.0. The molecular formula is C16H27F. The van der Waals surface area contributed by atoms with Crippen LogP contribution < -0.4 is 0 Å². The van der Waals surface area contributed by atoms with Crippen molar-refractivity contribution < 1.29 is 4.39 Å². The second-order valence-corrected chi connectivity index (χ2v) is 4.66. The van der Waals surface area contributed by atoms with Crippen LogP contribution in [0.4, 0.5) is 4.39 Å². The minimum atomic E-state index is -0.401. The van der Waals surface area contributed by atoms with E-state index in [0.29, 0.717) is 0 Å². The second-order valence-electron chi connectivity index (χ2n) is 4.66. The highest BCUT2D eigenvalue weighted by Crippen LogP contribution is 2.13. The Bertz CT molecular complexity index is 238. The van der Waals surface area contributed by atoms with Gasteiger partial charge in [0.05, 0.1) is 0 Å². The van der Waals surface area contributed by atoms with Gasteiger partial charge in [0.15, 0.2) is 0 Å². The smallest absolute Gasteiger partial charge is 0.116 e. The van der Waals surface area contributed by atoms with E-state index in [4.69, 9.17) is 0 Å². The van der Waals surface area contributed by atoms with E-state index in [-0.39, 0.29) is 0 Å². The number of halogens is 1. The molecule has 0 N–H and O–H groups in total. The average Bonchev–Trinajstić information content (AvgIpc) is 2.30. The van der Waals surface area contributed by atoms with Crippen molar-refractivity contribution >= 4 is 0 Å². The van der Waals surface area contributed by atoms with Gasteiger partial charge < -0.3 is 0 Å². The van der Waals surface area contributed by atoms with Gasteiger partial charge in [0, 0.05) is 0 Å². The van der Waals surface area contributed by atoms with E-state index in [0.717, 1.165) is 18.4 Å². The minimum Gasteiger partial charge on any atom is -0.208 e. The van der Waals surface area contributed by atoms with Crippen LogP contribution in [0.3, 0.4) is 0 Å². The molecule has 0 aromatic carbocycles. The van der Waals surface area contributed by atoms with E-state index in [1.165, 1.54) is 51.0 Å². The predicted molar refractivity (Wildman–Crippen MR) is 75.8 cm³/mol. The molecule has 0 bridgehead atoms. The third kappa shape index (κ3) is 13.1. The predicted octanol–water partition coefficient (Wildman–Crippen LogP) is 6.11. The molecule has 0 aliphatic heterocycles. The van der Waals surface area contributed by atoms with Crippen LogP contribution in [0.2, 0.25) is 0 Å². The number of hydrogen-bond donors (Lipinski definition) is 0. The Balaban J connectivity index is 3.28. The molecule has 1 heteroatoms. The van der Waals surface area contributed by atoms with Crippen LogP contribution in [-0.2, 0) is 0 Å². The Morgan fingerprint density at radius 2 is 1.41 bits per heavy atom. The molecule has 98 valence electrons. The Morgan fingerprint density at radius 1 is 0.882 bits per heavy atom. The SMILES string of the molecule is C=C(F)/C=C\C(=C)CCCCCCCCCC. The highest BCUT2D eigenvalue weighted by atomic mass is 19.1. The molecule has 0 atom stereocenters. The third-order valence-corrected chi connectivity index (χ3v) is 2.85. The van der Waals surface area contributed by atoms with Crippen molar-refractivity contribution in [3.63, 3.8) is 0 Å². The largest absolute Gasteiger partial charge is 0.208 e. The average molecular weight is 238 g/mol. The molecule has 0 saturated carbocycles. The van der Waals surface area contributed by atoms with E-state index < -0.39 is 5.83 Å². The molecule has 0 aliphatic carbocycles. The number of unbranched alkanes of at least 4 members (excludes halogenated alkanes) is 7. The van der Waals surface area contributed by atoms with Crippen LogP contribution in [0.5, 0.6) is 0 Å². The van der Waals surface area contributed by atoms with Crippen molar-refractivity contribution in [3.8, 4) is 0 Å². The van der Waals surface area contributed by atoms with Crippen LogP contribution in [0.15, 0.2) is 36.7 Å². The van der Waals surface area contributed by atoms with E-state index >= 15 is 0 Å². The van der Waals surface area contributed by atoms with Crippen molar-refractivity contribution in [1.82, 2.24) is 0 Å². The quantitative estimate of drug-likeness (QED) is 0.301. The molecular weight excluding hydrogens is 211 g/mol. The summed E-state index contributed by atoms with van der Waals surface area (Å²) in [5.74, 6) is -0.401. The van der Waals surface area contributed by atoms with Crippen LogP contribution in [-0.4, -0.2) is 0 Å². The van der Waals surface area contributed by atoms with Crippen molar-refractivity contribution in [2.24, 2.45) is 0 Å². The molecule has 0 fully saturated rings. The molecule has 17 heavy (non-hydrogen) atoms. The Labute approximate surface area is 106 Å². The van der Waals surface area contributed by atoms with Gasteiger partial charge >= 0.3 is 0 Å². The first-order chi connectivity index (χ1) is 8.16. The molecule has 0 amide bonds. The second kappa shape index (κ2) is 11.6. The molecule has 0 aliphatic rings. The summed E-state index contributed by atoms with van der Waals surface area (Å²) in [5, 5.41) is 0. The fraction of sp³-hybridized carbons (Fsp3) is 0.625. The van der Waals surface area contributed by atoms with Gasteiger partial charge in [0.2, 0.25) is 0 Å². The number of rotatable bonds is 11. The third-order valence-electron chi connectivity index (χ3n) is 2.85. The summed E-state index contributed by atoms with van der Waals surface area (Å²) in [4.78, 5) is 0. The Morgan fingerprint density at radius 3 is 1.94 bits per heavy atom. The lowest BCUT2D eigenvalue weighted by molar-refractivity contribution is 0.576. The molecule has 0 radical (unpaired) electrons. The Hall–Kier alpha value is -0.850. The summed E-state index contributed by atoms with van der Waals surface area (Å²) in [7, 11) is 0. The monoisotopic (exact) mass is 238 g/mol. The first kappa shape index (κ1) is 16.1. The van der Waals surface area contributed by atoms with Crippen LogP contribution >= 0.6 is 0 Å². The molecule has 0 aromatic rings. The van der Waals surface area contributed by atoms with E-state index in [1.54, 1.807) is 6.08 Å². The maximum absolute atomic E-state index is 12.3. The van der Waals surface area contributed by atoms with Gasteiger partial charge in [-0.05, 0) is 18.9 Å². The van der Waals surface area contributed by atoms with Crippen LogP contribution in [0.25, 0.3) is 0 Å². The summed E-state index contributed by atoms with van der Waals surface area (Å²) in [6.07, 6.45) is 14.6. The lowest BCUT2D eigenvalue weighted by Crippen LogP contribution is -1.82. The molecule has 0 rings (SSSR count). The molecule has 0 saturated heterocycles. The zero-order chi connectivity index (χ0) is 12.9. The van der Waals surface area contributed by atoms with Crippen molar-refractivity contribution in [2.75, 3.05) is 0 Å². The van der Waals surface area contributed by atoms with Crippen molar-refractivity contribution in [1.29, 1.82) is 0 Å². The van der Waals surface area contributed by atoms with E-state index in [9.17, 15) is 4.39 Å². The topological polar surface area (TPSA) is 0 Å². The fourth-order valence-electron chi connectivity index (χ4n) is 1.78. The van der Waals surface area contributed by atoms with Gasteiger partial charge in [-0.25, -0.2) is 4.39 Å². The van der Waals surface area contributed by atoms with Gasteiger partial charge in [-0.2, -0.15) is 0 Å². The fourth-order valence-corrected chi connectivity index (χ4v) is 1.78. The number of hydrogen-bond acceptors (Lipinski definition) is 0. The molecule has 0 nitrogen and oxygen atoms in total. The van der Waals surface area contributed by atoms with Crippen molar-refractivity contribution in [2.45, 2.75) is 64.7 Å². The summed E-state index contributed by atoms with van der Waals surface area (Å²) < 4.78 is 12.3. The summed E-state index contributed by atoms with van der Waals surface area (Å²) in [6.45, 7) is 9.31. The van der Waals surface area contributed by atoms with Gasteiger partial charge in [-0.1, -0.05) is 76.7 Å². The summed E-state index contributed by atoms with van der Waals surface area (Å²) in [5.41, 5.74) is 0.995. The number of allylic oxidation sites excluding steroid dienone is 4. The molecule has 0 heterocycles. The van der Waals surface area contributed by atoms with E-state index in [1.807, 2.05) is 0 Å². The molecule has 0 unspecified atom stereocenters. The van der Waals surface area contributed by atoms with Crippen LogP contribution in [0, 0.1) is 0 Å². The first-order valence-corrected chi connectivity index (χ1v) is 6.87. The van der Waals surface area contributed by atoms with Gasteiger partial charge in [-0.3, -0.25) is 0 Å². The summed E-state index contributed by atoms with van der Waals surface area (Å²) in [6, 6.07) is 0. The molecule has 0 spiro atoms. The van der Waals surface area contributed by atoms with Crippen molar-refractivity contribution in [3.05, 3.63) is 36.7 Å². The highest BCUT2D eigenvalue weighted by Gasteiger charge is 1.93. The normalized spacial score (nSPS) is 10.9. The maximum atomic E-state index is 12.3. The minimum absolute atomic E-state index is 0.401. The standard InChI is InChI=1S/C16H27F/c1-4-5-6-7-8-9-10-11-12-15(2)13-14-16(3)17/h13-14H,2-12H2,1H3/b14-13-. The zero-order valence-corrected chi connectivity index (χ0v) is 11.3. The highest BCUT2D eigenvalue weighted by molar-refractivity contribution is 5.20. The first-order valence-electron chi connectivity index (χ1n) is 6.87. The van der Waals surface area contributed by atoms with Gasteiger partial charge in [0.25, 0.3) is 0 Å². The lowest BCUT2D eigenvalue weighted by Gasteiger charge is -2.02. The van der Waals surface area contributed by atoms with Gasteiger partial charge in [-0.15, -0.1) is 0 Å². The van der Waals surface area contributed by atoms with Gasteiger partial charge in [0.1, 0.15) is 5.83 Å². The maximum Gasteiger partial charge on any atom is 0.116 e. The van der Waals surface area contributed by atoms with E-state index in [2.05, 4.69) is 20.1 Å².